The van der Waals surface area contributed by atoms with E-state index in [4.69, 9.17) is 63.4 Å². The van der Waals surface area contributed by atoms with Crippen LogP contribution >= 0.6 is 58.6 Å². The van der Waals surface area contributed by atoms with Gasteiger partial charge in [-0.2, -0.15) is 0 Å². The van der Waals surface area contributed by atoms with Crippen molar-refractivity contribution in [1.29, 1.82) is 0 Å². The standard InChI is InChI=1S/C14H14Cl4N2O3S/c1-2-23-11(21)9-10(7-3-5-8(15)6-4-7)19-12(24)20-13(9,22)14(16,17)18/h3-6,9-10,22H,2H2,1H3,(H2,19,20,24)/t9-,10+,13-/m0/s1. The fourth-order valence-corrected chi connectivity index (χ4v) is 3.39. The SMILES string of the molecule is CCOC(=O)[C@@H]1[C@@H](c2ccc(Cl)cc2)NC(=S)N[C@@]1(O)C(Cl)(Cl)Cl. The fourth-order valence-electron chi connectivity index (χ4n) is 2.48. The number of ether oxygens (including phenoxy) is 1. The number of aliphatic hydroxyl groups is 1. The first-order valence-electron chi connectivity index (χ1n) is 6.90. The highest BCUT2D eigenvalue weighted by Gasteiger charge is 2.62. The van der Waals surface area contributed by atoms with E-state index in [9.17, 15) is 9.90 Å². The second kappa shape index (κ2) is 7.40. The summed E-state index contributed by atoms with van der Waals surface area (Å²) < 4.78 is 2.81. The van der Waals surface area contributed by atoms with Crippen LogP contribution in [0, 0.1) is 5.92 Å². The molecule has 1 aliphatic heterocycles. The highest BCUT2D eigenvalue weighted by molar-refractivity contribution is 7.80. The monoisotopic (exact) mass is 430 g/mol. The number of thiocarbonyl (C=S) groups is 1. The molecule has 10 heteroatoms. The molecule has 132 valence electrons. The molecule has 2 rings (SSSR count). The lowest BCUT2D eigenvalue weighted by Gasteiger charge is -2.48. The smallest absolute Gasteiger partial charge is 0.316 e. The van der Waals surface area contributed by atoms with E-state index in [-0.39, 0.29) is 11.7 Å². The molecule has 1 aromatic rings. The van der Waals surface area contributed by atoms with E-state index in [1.807, 2.05) is 0 Å². The number of halogens is 4. The van der Waals surface area contributed by atoms with Gasteiger partial charge in [0.1, 0.15) is 5.92 Å². The van der Waals surface area contributed by atoms with Crippen molar-refractivity contribution < 1.29 is 14.6 Å². The molecule has 1 aromatic carbocycles. The van der Waals surface area contributed by atoms with Crippen LogP contribution in [0.4, 0.5) is 0 Å². The molecule has 1 heterocycles. The topological polar surface area (TPSA) is 70.6 Å². The lowest BCUT2D eigenvalue weighted by Crippen LogP contribution is -2.72. The van der Waals surface area contributed by atoms with Crippen molar-refractivity contribution in [3.05, 3.63) is 34.9 Å². The Bertz CT molecular complexity index is 638. The summed E-state index contributed by atoms with van der Waals surface area (Å²) in [5.74, 6) is -2.02. The lowest BCUT2D eigenvalue weighted by molar-refractivity contribution is -0.163. The maximum absolute atomic E-state index is 12.5. The number of hydrogen-bond donors (Lipinski definition) is 3. The number of esters is 1. The molecule has 3 atom stereocenters. The predicted octanol–water partition coefficient (Wildman–Crippen LogP) is 3.10. The molecule has 5 nitrogen and oxygen atoms in total. The van der Waals surface area contributed by atoms with Gasteiger partial charge in [-0.15, -0.1) is 0 Å². The molecule has 0 spiro atoms. The molecular formula is C14H14Cl4N2O3S. The van der Waals surface area contributed by atoms with Gasteiger partial charge in [0.25, 0.3) is 0 Å². The fraction of sp³-hybridized carbons (Fsp3) is 0.429. The summed E-state index contributed by atoms with van der Waals surface area (Å²) in [7, 11) is 0. The van der Waals surface area contributed by atoms with Gasteiger partial charge in [0.05, 0.1) is 12.6 Å². The Morgan fingerprint density at radius 2 is 1.96 bits per heavy atom. The maximum Gasteiger partial charge on any atom is 0.316 e. The predicted molar refractivity (Wildman–Crippen MR) is 98.4 cm³/mol. The molecule has 1 saturated heterocycles. The summed E-state index contributed by atoms with van der Waals surface area (Å²) in [6.07, 6.45) is 0. The minimum Gasteiger partial charge on any atom is -0.466 e. The van der Waals surface area contributed by atoms with Crippen molar-refractivity contribution in [2.45, 2.75) is 22.5 Å². The van der Waals surface area contributed by atoms with Crippen LogP contribution in [-0.2, 0) is 9.53 Å². The first-order valence-corrected chi connectivity index (χ1v) is 8.82. The number of alkyl halides is 3. The Labute approximate surface area is 164 Å². The molecule has 0 aliphatic carbocycles. The van der Waals surface area contributed by atoms with Crippen molar-refractivity contribution in [2.24, 2.45) is 5.92 Å². The summed E-state index contributed by atoms with van der Waals surface area (Å²) in [6.45, 7) is 1.74. The van der Waals surface area contributed by atoms with E-state index in [1.54, 1.807) is 31.2 Å². The van der Waals surface area contributed by atoms with Gasteiger partial charge >= 0.3 is 5.97 Å². The zero-order valence-electron chi connectivity index (χ0n) is 12.4. The summed E-state index contributed by atoms with van der Waals surface area (Å²) in [6, 6.07) is 5.86. The van der Waals surface area contributed by atoms with E-state index in [2.05, 4.69) is 10.6 Å². The number of benzene rings is 1. The Morgan fingerprint density at radius 3 is 2.46 bits per heavy atom. The maximum atomic E-state index is 12.5. The highest BCUT2D eigenvalue weighted by atomic mass is 35.6. The third-order valence-corrected chi connectivity index (χ3v) is 4.91. The van der Waals surface area contributed by atoms with E-state index in [1.165, 1.54) is 0 Å². The Morgan fingerprint density at radius 1 is 1.38 bits per heavy atom. The second-order valence-electron chi connectivity index (χ2n) is 5.12. The van der Waals surface area contributed by atoms with Crippen LogP contribution in [0.25, 0.3) is 0 Å². The van der Waals surface area contributed by atoms with E-state index in [0.29, 0.717) is 10.6 Å². The number of hydrogen-bond acceptors (Lipinski definition) is 4. The normalized spacial score (nSPS) is 27.2. The van der Waals surface area contributed by atoms with Crippen LogP contribution in [0.3, 0.4) is 0 Å². The molecule has 0 radical (unpaired) electrons. The van der Waals surface area contributed by atoms with Gasteiger partial charge in [-0.1, -0.05) is 58.5 Å². The van der Waals surface area contributed by atoms with Crippen LogP contribution in [0.5, 0.6) is 0 Å². The minimum atomic E-state index is -2.27. The van der Waals surface area contributed by atoms with Crippen LogP contribution in [0.2, 0.25) is 5.02 Å². The molecule has 3 N–H and O–H groups in total. The van der Waals surface area contributed by atoms with Crippen LogP contribution < -0.4 is 10.6 Å². The highest BCUT2D eigenvalue weighted by Crippen LogP contribution is 2.47. The molecule has 1 fully saturated rings. The van der Waals surface area contributed by atoms with Crippen LogP contribution in [0.15, 0.2) is 24.3 Å². The lowest BCUT2D eigenvalue weighted by atomic mass is 9.83. The molecule has 0 saturated carbocycles. The summed E-state index contributed by atoms with van der Waals surface area (Å²) in [5, 5.41) is 16.9. The van der Waals surface area contributed by atoms with Gasteiger partial charge in [0.2, 0.25) is 9.52 Å². The van der Waals surface area contributed by atoms with Gasteiger partial charge in [-0.3, -0.25) is 4.79 Å². The third-order valence-electron chi connectivity index (χ3n) is 3.58. The van der Waals surface area contributed by atoms with Gasteiger partial charge in [-0.05, 0) is 36.8 Å². The van der Waals surface area contributed by atoms with Crippen LogP contribution in [0.1, 0.15) is 18.5 Å². The van der Waals surface area contributed by atoms with Crippen molar-refractivity contribution in [1.82, 2.24) is 10.6 Å². The van der Waals surface area contributed by atoms with Gasteiger partial charge in [0.15, 0.2) is 5.11 Å². The van der Waals surface area contributed by atoms with E-state index >= 15 is 0 Å². The molecule has 0 aromatic heterocycles. The summed E-state index contributed by atoms with van der Waals surface area (Å²) in [4.78, 5) is 12.5. The number of nitrogens with one attached hydrogen (secondary N) is 2. The first-order chi connectivity index (χ1) is 11.1. The average molecular weight is 432 g/mol. The van der Waals surface area contributed by atoms with Crippen molar-refractivity contribution in [2.75, 3.05) is 6.61 Å². The molecule has 0 amide bonds. The largest absolute Gasteiger partial charge is 0.466 e. The number of carbonyl (C=O) groups is 1. The first kappa shape index (κ1) is 19.8. The number of rotatable bonds is 3. The van der Waals surface area contributed by atoms with Gasteiger partial charge < -0.3 is 20.5 Å². The molecule has 0 bridgehead atoms. The van der Waals surface area contributed by atoms with Crippen molar-refractivity contribution in [3.8, 4) is 0 Å². The Hall–Kier alpha value is -0.500. The average Bonchev–Trinajstić information content (AvgIpc) is 2.46. The van der Waals surface area contributed by atoms with Gasteiger partial charge in [-0.25, -0.2) is 0 Å². The quantitative estimate of drug-likeness (QED) is 0.388. The van der Waals surface area contributed by atoms with Gasteiger partial charge in [0, 0.05) is 5.02 Å². The van der Waals surface area contributed by atoms with Crippen molar-refractivity contribution >= 4 is 69.7 Å². The minimum absolute atomic E-state index is 0.0318. The second-order valence-corrected chi connectivity index (χ2v) is 8.25. The Kier molecular flexibility index (Phi) is 6.11. The zero-order chi connectivity index (χ0) is 18.1. The molecule has 24 heavy (non-hydrogen) atoms. The van der Waals surface area contributed by atoms with E-state index in [0.717, 1.165) is 0 Å². The summed E-state index contributed by atoms with van der Waals surface area (Å²) >= 11 is 28.8. The molecule has 1 aliphatic rings. The zero-order valence-corrected chi connectivity index (χ0v) is 16.2. The van der Waals surface area contributed by atoms with Crippen LogP contribution in [-0.4, -0.2) is 32.3 Å². The van der Waals surface area contributed by atoms with Crippen molar-refractivity contribution in [3.63, 3.8) is 0 Å². The third kappa shape index (κ3) is 3.84. The number of carbonyl (C=O) groups excluding carboxylic acids is 1. The van der Waals surface area contributed by atoms with E-state index < -0.39 is 27.4 Å². The summed E-state index contributed by atoms with van der Waals surface area (Å²) in [5.41, 5.74) is -1.65. The Balaban J connectivity index is 2.55. The molecular weight excluding hydrogens is 418 g/mol. The molecule has 0 unspecified atom stereocenters.